The lowest BCUT2D eigenvalue weighted by Crippen LogP contribution is -2.46. The predicted octanol–water partition coefficient (Wildman–Crippen LogP) is 4.38. The molecule has 1 saturated heterocycles. The van der Waals surface area contributed by atoms with Crippen LogP contribution >= 0.6 is 0 Å². The lowest BCUT2D eigenvalue weighted by Gasteiger charge is -2.34. The van der Waals surface area contributed by atoms with Crippen LogP contribution < -0.4 is 10.2 Å². The van der Waals surface area contributed by atoms with Gasteiger partial charge in [0.1, 0.15) is 17.8 Å². The highest BCUT2D eigenvalue weighted by atomic mass is 16.6. The number of hydrogen-bond acceptors (Lipinski definition) is 9. The minimum atomic E-state index is -0.951. The van der Waals surface area contributed by atoms with Crippen molar-refractivity contribution in [3.63, 3.8) is 0 Å². The third-order valence-corrected chi connectivity index (χ3v) is 6.73. The first kappa shape index (κ1) is 31.3. The van der Waals surface area contributed by atoms with E-state index in [-0.39, 0.29) is 37.4 Å². The Kier molecular flexibility index (Phi) is 9.87. The smallest absolute Gasteiger partial charge is 0.412 e. The molecule has 228 valence electrons. The third-order valence-electron chi connectivity index (χ3n) is 6.73. The second-order valence-corrected chi connectivity index (χ2v) is 10.9. The van der Waals surface area contributed by atoms with Gasteiger partial charge in [-0.05, 0) is 38.3 Å². The fourth-order valence-electron chi connectivity index (χ4n) is 4.80. The molecule has 1 amide bonds. The number of amides is 1. The number of methoxy groups -OCH3 is 2. The van der Waals surface area contributed by atoms with Gasteiger partial charge in [0.15, 0.2) is 17.7 Å². The SMILES string of the molecule is COC(=O)c1cn([C@@H](Cc2ccccc2)C2OCCN2C(=O)OC(C)(C)C)c(C(=O)OC)c(OCc2ccccc2)c1=O. The van der Waals surface area contributed by atoms with Gasteiger partial charge in [-0.1, -0.05) is 60.7 Å². The van der Waals surface area contributed by atoms with Gasteiger partial charge < -0.3 is 28.3 Å². The third kappa shape index (κ3) is 7.42. The average Bonchev–Trinajstić information content (AvgIpc) is 3.49. The molecule has 3 aromatic rings. The monoisotopic (exact) mass is 592 g/mol. The van der Waals surface area contributed by atoms with Crippen molar-refractivity contribution in [2.75, 3.05) is 27.4 Å². The molecule has 4 rings (SSSR count). The maximum Gasteiger partial charge on any atom is 0.412 e. The fourth-order valence-corrected chi connectivity index (χ4v) is 4.80. The van der Waals surface area contributed by atoms with E-state index in [1.165, 1.54) is 22.8 Å². The normalized spacial score (nSPS) is 15.5. The zero-order valence-corrected chi connectivity index (χ0v) is 24.9. The molecule has 2 aromatic carbocycles. The van der Waals surface area contributed by atoms with Gasteiger partial charge in [-0.2, -0.15) is 0 Å². The van der Waals surface area contributed by atoms with Crippen LogP contribution in [-0.2, 0) is 32.0 Å². The highest BCUT2D eigenvalue weighted by Gasteiger charge is 2.41. The number of ether oxygens (including phenoxy) is 5. The van der Waals surface area contributed by atoms with Crippen molar-refractivity contribution in [3.05, 3.63) is 99.5 Å². The highest BCUT2D eigenvalue weighted by Crippen LogP contribution is 2.32. The Balaban J connectivity index is 1.93. The summed E-state index contributed by atoms with van der Waals surface area (Å²) in [7, 11) is 2.33. The molecule has 1 fully saturated rings. The van der Waals surface area contributed by atoms with E-state index in [4.69, 9.17) is 23.7 Å². The van der Waals surface area contributed by atoms with E-state index >= 15 is 0 Å². The fraction of sp³-hybridized carbons (Fsp3) is 0.375. The van der Waals surface area contributed by atoms with Crippen LogP contribution in [0.2, 0.25) is 0 Å². The Bertz CT molecular complexity index is 1500. The molecule has 11 nitrogen and oxygen atoms in total. The molecule has 1 unspecified atom stereocenters. The molecule has 0 saturated carbocycles. The first-order valence-electron chi connectivity index (χ1n) is 13.8. The van der Waals surface area contributed by atoms with E-state index in [9.17, 15) is 19.2 Å². The predicted molar refractivity (Wildman–Crippen MR) is 156 cm³/mol. The molecule has 1 aliphatic heterocycles. The van der Waals surface area contributed by atoms with Gasteiger partial charge >= 0.3 is 18.0 Å². The molecule has 2 heterocycles. The summed E-state index contributed by atoms with van der Waals surface area (Å²) < 4.78 is 29.2. The van der Waals surface area contributed by atoms with Gasteiger partial charge in [0.25, 0.3) is 0 Å². The van der Waals surface area contributed by atoms with Crippen molar-refractivity contribution in [1.82, 2.24) is 9.47 Å². The first-order chi connectivity index (χ1) is 20.5. The second kappa shape index (κ2) is 13.6. The lowest BCUT2D eigenvalue weighted by molar-refractivity contribution is -0.0307. The molecule has 1 aromatic heterocycles. The average molecular weight is 593 g/mol. The van der Waals surface area contributed by atoms with Crippen LogP contribution in [0.5, 0.6) is 5.75 Å². The molecule has 43 heavy (non-hydrogen) atoms. The summed E-state index contributed by atoms with van der Waals surface area (Å²) >= 11 is 0. The van der Waals surface area contributed by atoms with Crippen molar-refractivity contribution < 1.29 is 38.1 Å². The Labute approximate surface area is 249 Å². The minimum absolute atomic E-state index is 0.0714. The number of rotatable bonds is 9. The summed E-state index contributed by atoms with van der Waals surface area (Å²) in [5.74, 6) is -2.19. The molecular weight excluding hydrogens is 556 g/mol. The molecule has 2 atom stereocenters. The van der Waals surface area contributed by atoms with E-state index < -0.39 is 47.1 Å². The number of benzene rings is 2. The van der Waals surface area contributed by atoms with Gasteiger partial charge in [0.05, 0.1) is 33.4 Å². The van der Waals surface area contributed by atoms with Crippen LogP contribution in [0.4, 0.5) is 4.79 Å². The maximum absolute atomic E-state index is 13.7. The summed E-state index contributed by atoms with van der Waals surface area (Å²) in [6, 6.07) is 17.5. The Morgan fingerprint density at radius 2 is 1.53 bits per heavy atom. The molecule has 11 heteroatoms. The van der Waals surface area contributed by atoms with Crippen LogP contribution in [0.25, 0.3) is 0 Å². The van der Waals surface area contributed by atoms with Gasteiger partial charge in [0, 0.05) is 6.20 Å². The van der Waals surface area contributed by atoms with E-state index in [1.54, 1.807) is 32.9 Å². The molecule has 0 N–H and O–H groups in total. The Hall–Kier alpha value is -4.64. The number of hydrogen-bond donors (Lipinski definition) is 0. The lowest BCUT2D eigenvalue weighted by atomic mass is 10.0. The van der Waals surface area contributed by atoms with Crippen LogP contribution in [0.15, 0.2) is 71.7 Å². The number of aromatic nitrogens is 1. The number of pyridine rings is 1. The highest BCUT2D eigenvalue weighted by molar-refractivity contribution is 5.94. The van der Waals surface area contributed by atoms with Crippen LogP contribution in [0.1, 0.15) is 58.8 Å². The Morgan fingerprint density at radius 3 is 2.12 bits per heavy atom. The summed E-state index contributed by atoms with van der Waals surface area (Å²) in [5.41, 5.74) is -0.648. The van der Waals surface area contributed by atoms with Crippen molar-refractivity contribution in [2.45, 2.75) is 51.7 Å². The topological polar surface area (TPSA) is 123 Å². The van der Waals surface area contributed by atoms with Crippen LogP contribution in [-0.4, -0.2) is 66.7 Å². The number of esters is 2. The molecule has 0 spiro atoms. The van der Waals surface area contributed by atoms with Gasteiger partial charge in [-0.25, -0.2) is 14.4 Å². The summed E-state index contributed by atoms with van der Waals surface area (Å²) in [6.07, 6.45) is -0.0923. The number of carbonyl (C=O) groups excluding carboxylic acids is 3. The second-order valence-electron chi connectivity index (χ2n) is 10.9. The summed E-state index contributed by atoms with van der Waals surface area (Å²) in [4.78, 5) is 54.7. The van der Waals surface area contributed by atoms with Crippen LogP contribution in [0, 0.1) is 0 Å². The molecule has 0 radical (unpaired) electrons. The zero-order valence-electron chi connectivity index (χ0n) is 24.9. The van der Waals surface area contributed by atoms with Gasteiger partial charge in [-0.15, -0.1) is 0 Å². The van der Waals surface area contributed by atoms with Gasteiger partial charge in [0.2, 0.25) is 5.43 Å². The minimum Gasteiger partial charge on any atom is -0.482 e. The summed E-state index contributed by atoms with van der Waals surface area (Å²) in [6.45, 7) is 5.62. The summed E-state index contributed by atoms with van der Waals surface area (Å²) in [5, 5.41) is 0. The zero-order chi connectivity index (χ0) is 31.1. The van der Waals surface area contributed by atoms with E-state index in [0.29, 0.717) is 0 Å². The quantitative estimate of drug-likeness (QED) is 0.263. The van der Waals surface area contributed by atoms with Crippen LogP contribution in [0.3, 0.4) is 0 Å². The van der Waals surface area contributed by atoms with E-state index in [1.807, 2.05) is 48.5 Å². The largest absolute Gasteiger partial charge is 0.482 e. The maximum atomic E-state index is 13.7. The number of nitrogens with zero attached hydrogens (tertiary/aromatic N) is 2. The Morgan fingerprint density at radius 1 is 0.930 bits per heavy atom. The molecular formula is C32H36N2O9. The van der Waals surface area contributed by atoms with Crippen molar-refractivity contribution in [3.8, 4) is 5.75 Å². The van der Waals surface area contributed by atoms with Crippen molar-refractivity contribution in [1.29, 1.82) is 0 Å². The van der Waals surface area contributed by atoms with E-state index in [2.05, 4.69) is 0 Å². The standard InChI is InChI=1S/C32H36N2O9/c1-32(2,3)43-31(38)33-16-17-41-28(33)24(18-21-12-8-6-9-13-21)34-19-23(29(36)39-4)26(35)27(25(34)30(37)40-5)42-20-22-14-10-7-11-15-22/h6-15,19,24,28H,16-18,20H2,1-5H3/t24-,28?/m0/s1. The van der Waals surface area contributed by atoms with Gasteiger partial charge in [-0.3, -0.25) is 9.69 Å². The molecule has 0 bridgehead atoms. The number of carbonyl (C=O) groups is 3. The first-order valence-corrected chi connectivity index (χ1v) is 13.8. The van der Waals surface area contributed by atoms with E-state index in [0.717, 1.165) is 18.2 Å². The van der Waals surface area contributed by atoms with Crippen molar-refractivity contribution in [2.24, 2.45) is 0 Å². The van der Waals surface area contributed by atoms with Crippen molar-refractivity contribution >= 4 is 18.0 Å². The molecule has 0 aliphatic carbocycles. The molecule has 1 aliphatic rings.